The molecular formula is C13H15N3O2. The van der Waals surface area contributed by atoms with Crippen LogP contribution in [0.2, 0.25) is 0 Å². The van der Waals surface area contributed by atoms with Crippen molar-refractivity contribution in [3.63, 3.8) is 0 Å². The van der Waals surface area contributed by atoms with E-state index in [9.17, 15) is 9.59 Å². The van der Waals surface area contributed by atoms with E-state index in [2.05, 4.69) is 11.1 Å². The Bertz CT molecular complexity index is 548. The number of pyridine rings is 1. The number of aromatic nitrogens is 1. The number of carbonyl (C=O) groups excluding carboxylic acids is 1. The summed E-state index contributed by atoms with van der Waals surface area (Å²) in [5.41, 5.74) is 0.661. The van der Waals surface area contributed by atoms with E-state index >= 15 is 0 Å². The molecule has 1 fully saturated rings. The number of nitrogens with zero attached hydrogens (tertiary/aromatic N) is 2. The molecule has 0 unspecified atom stereocenters. The van der Waals surface area contributed by atoms with Crippen LogP contribution in [0.3, 0.4) is 0 Å². The number of piperidine rings is 1. The fraction of sp³-hybridized carbons (Fsp3) is 0.462. The maximum Gasteiger partial charge on any atom is 0.259 e. The minimum Gasteiger partial charge on any atom is -0.364 e. The molecule has 0 bridgehead atoms. The van der Waals surface area contributed by atoms with Crippen molar-refractivity contribution in [2.75, 3.05) is 13.1 Å². The molecule has 5 nitrogen and oxygen atoms in total. The van der Waals surface area contributed by atoms with Crippen LogP contribution in [0.1, 0.15) is 28.9 Å². The van der Waals surface area contributed by atoms with Crippen molar-refractivity contribution in [2.24, 2.45) is 5.92 Å². The second-order valence-electron chi connectivity index (χ2n) is 4.59. The van der Waals surface area contributed by atoms with Gasteiger partial charge in [0.05, 0.1) is 6.07 Å². The normalized spacial score (nSPS) is 16.3. The Morgan fingerprint density at radius 3 is 2.72 bits per heavy atom. The van der Waals surface area contributed by atoms with E-state index < -0.39 is 0 Å². The van der Waals surface area contributed by atoms with Gasteiger partial charge in [-0.05, 0) is 19.8 Å². The van der Waals surface area contributed by atoms with Gasteiger partial charge in [0, 0.05) is 37.0 Å². The molecule has 0 aliphatic carbocycles. The van der Waals surface area contributed by atoms with Crippen LogP contribution in [0.15, 0.2) is 17.1 Å². The topological polar surface area (TPSA) is 77.0 Å². The van der Waals surface area contributed by atoms with E-state index in [1.165, 1.54) is 12.3 Å². The number of H-pyrrole nitrogens is 1. The predicted molar refractivity (Wildman–Crippen MR) is 66.0 cm³/mol. The molecule has 2 rings (SSSR count). The highest BCUT2D eigenvalue weighted by Crippen LogP contribution is 2.17. The Hall–Kier alpha value is -2.09. The van der Waals surface area contributed by atoms with Crippen molar-refractivity contribution in [3.8, 4) is 6.07 Å². The second kappa shape index (κ2) is 5.05. The molecule has 1 aromatic rings. The van der Waals surface area contributed by atoms with Crippen LogP contribution in [0.4, 0.5) is 0 Å². The van der Waals surface area contributed by atoms with E-state index in [4.69, 9.17) is 5.26 Å². The van der Waals surface area contributed by atoms with Crippen molar-refractivity contribution >= 4 is 5.91 Å². The zero-order valence-electron chi connectivity index (χ0n) is 10.3. The molecule has 0 atom stereocenters. The number of aryl methyl sites for hydroxylation is 1. The third-order valence-electron chi connectivity index (χ3n) is 3.25. The summed E-state index contributed by atoms with van der Waals surface area (Å²) in [6.07, 6.45) is 2.84. The quantitative estimate of drug-likeness (QED) is 0.803. The highest BCUT2D eigenvalue weighted by Gasteiger charge is 2.24. The lowest BCUT2D eigenvalue weighted by Crippen LogP contribution is -2.40. The number of hydrogen-bond donors (Lipinski definition) is 1. The number of rotatable bonds is 1. The summed E-state index contributed by atoms with van der Waals surface area (Å²) in [5.74, 6) is -0.210. The number of nitrogens with one attached hydrogen (secondary N) is 1. The predicted octanol–water partition coefficient (Wildman–Crippen LogP) is 1.06. The van der Waals surface area contributed by atoms with Gasteiger partial charge in [0.15, 0.2) is 5.43 Å². The zero-order valence-corrected chi connectivity index (χ0v) is 10.3. The Morgan fingerprint density at radius 1 is 1.50 bits per heavy atom. The monoisotopic (exact) mass is 245 g/mol. The number of carbonyl (C=O) groups is 1. The largest absolute Gasteiger partial charge is 0.364 e. The number of likely N-dealkylation sites (tertiary alicyclic amines) is 1. The molecule has 1 N–H and O–H groups in total. The SMILES string of the molecule is Cc1cc(=O)c(C(=O)N2CCC(C#N)CC2)c[nH]1. The van der Waals surface area contributed by atoms with Gasteiger partial charge in [0.1, 0.15) is 5.56 Å². The number of aromatic amines is 1. The summed E-state index contributed by atoms with van der Waals surface area (Å²) >= 11 is 0. The molecule has 18 heavy (non-hydrogen) atoms. The van der Waals surface area contributed by atoms with E-state index in [0.29, 0.717) is 25.9 Å². The molecule has 0 radical (unpaired) electrons. The van der Waals surface area contributed by atoms with Gasteiger partial charge in [-0.3, -0.25) is 9.59 Å². The van der Waals surface area contributed by atoms with E-state index in [-0.39, 0.29) is 22.8 Å². The molecule has 94 valence electrons. The first kappa shape index (κ1) is 12.4. The van der Waals surface area contributed by atoms with Gasteiger partial charge in [0.2, 0.25) is 0 Å². The van der Waals surface area contributed by atoms with Crippen LogP contribution >= 0.6 is 0 Å². The Labute approximate surface area is 105 Å². The number of amides is 1. The molecule has 0 saturated carbocycles. The molecule has 1 saturated heterocycles. The van der Waals surface area contributed by atoms with Gasteiger partial charge >= 0.3 is 0 Å². The van der Waals surface area contributed by atoms with Crippen molar-refractivity contribution in [1.82, 2.24) is 9.88 Å². The van der Waals surface area contributed by atoms with Gasteiger partial charge in [-0.1, -0.05) is 0 Å². The van der Waals surface area contributed by atoms with E-state index in [1.807, 2.05) is 0 Å². The lowest BCUT2D eigenvalue weighted by atomic mass is 9.98. The minimum atomic E-state index is -0.251. The summed E-state index contributed by atoms with van der Waals surface area (Å²) in [4.78, 5) is 28.4. The van der Waals surface area contributed by atoms with E-state index in [1.54, 1.807) is 11.8 Å². The minimum absolute atomic E-state index is 0.0327. The van der Waals surface area contributed by atoms with Gasteiger partial charge in [0.25, 0.3) is 5.91 Å². The van der Waals surface area contributed by atoms with Crippen LogP contribution < -0.4 is 5.43 Å². The van der Waals surface area contributed by atoms with E-state index in [0.717, 1.165) is 5.69 Å². The molecule has 1 aliphatic rings. The number of hydrogen-bond acceptors (Lipinski definition) is 3. The molecular weight excluding hydrogens is 230 g/mol. The van der Waals surface area contributed by atoms with Crippen molar-refractivity contribution < 1.29 is 4.79 Å². The Balaban J connectivity index is 2.13. The fourth-order valence-electron chi connectivity index (χ4n) is 2.12. The highest BCUT2D eigenvalue weighted by atomic mass is 16.2. The average molecular weight is 245 g/mol. The van der Waals surface area contributed by atoms with Gasteiger partial charge in [-0.15, -0.1) is 0 Å². The second-order valence-corrected chi connectivity index (χ2v) is 4.59. The lowest BCUT2D eigenvalue weighted by Gasteiger charge is -2.28. The maximum absolute atomic E-state index is 12.1. The summed E-state index contributed by atoms with van der Waals surface area (Å²) in [7, 11) is 0. The van der Waals surface area contributed by atoms with Crippen LogP contribution in [0.5, 0.6) is 0 Å². The first-order valence-corrected chi connectivity index (χ1v) is 6.00. The third-order valence-corrected chi connectivity index (χ3v) is 3.25. The van der Waals surface area contributed by atoms with Gasteiger partial charge in [-0.25, -0.2) is 0 Å². The zero-order chi connectivity index (χ0) is 13.1. The van der Waals surface area contributed by atoms with Gasteiger partial charge in [-0.2, -0.15) is 5.26 Å². The Morgan fingerprint density at radius 2 is 2.17 bits per heavy atom. The first-order valence-electron chi connectivity index (χ1n) is 6.00. The molecule has 2 heterocycles. The molecule has 0 spiro atoms. The van der Waals surface area contributed by atoms with Crippen LogP contribution in [0, 0.1) is 24.2 Å². The molecule has 5 heteroatoms. The van der Waals surface area contributed by atoms with Crippen molar-refractivity contribution in [2.45, 2.75) is 19.8 Å². The third kappa shape index (κ3) is 2.43. The smallest absolute Gasteiger partial charge is 0.259 e. The molecule has 1 amide bonds. The summed E-state index contributed by atoms with van der Waals surface area (Å²) < 4.78 is 0. The molecule has 1 aromatic heterocycles. The highest BCUT2D eigenvalue weighted by molar-refractivity contribution is 5.93. The van der Waals surface area contributed by atoms with Gasteiger partial charge < -0.3 is 9.88 Å². The van der Waals surface area contributed by atoms with Crippen molar-refractivity contribution in [1.29, 1.82) is 5.26 Å². The number of nitriles is 1. The maximum atomic E-state index is 12.1. The summed E-state index contributed by atoms with van der Waals surface area (Å²) in [6, 6.07) is 3.64. The first-order chi connectivity index (χ1) is 8.61. The standard InChI is InChI=1S/C13H15N3O2/c1-9-6-12(17)11(8-15-9)13(18)16-4-2-10(7-14)3-5-16/h6,8,10H,2-5H2,1H3,(H,15,17). The molecule has 1 aliphatic heterocycles. The van der Waals surface area contributed by atoms with Crippen LogP contribution in [-0.4, -0.2) is 28.9 Å². The fourth-order valence-corrected chi connectivity index (χ4v) is 2.12. The summed E-state index contributed by atoms with van der Waals surface area (Å²) in [6.45, 7) is 2.86. The summed E-state index contributed by atoms with van der Waals surface area (Å²) in [5, 5.41) is 8.80. The Kier molecular flexibility index (Phi) is 3.47. The average Bonchev–Trinajstić information content (AvgIpc) is 2.38. The van der Waals surface area contributed by atoms with Crippen molar-refractivity contribution in [3.05, 3.63) is 33.7 Å². The van der Waals surface area contributed by atoms with Crippen LogP contribution in [-0.2, 0) is 0 Å². The van der Waals surface area contributed by atoms with Crippen LogP contribution in [0.25, 0.3) is 0 Å². The molecule has 0 aromatic carbocycles. The lowest BCUT2D eigenvalue weighted by molar-refractivity contribution is 0.0705.